The first-order valence-corrected chi connectivity index (χ1v) is 5.49. The Balaban J connectivity index is 2.52. The summed E-state index contributed by atoms with van der Waals surface area (Å²) in [6, 6.07) is 7.79. The molecule has 0 radical (unpaired) electrons. The summed E-state index contributed by atoms with van der Waals surface area (Å²) in [4.78, 5) is 12.9. The molecule has 0 aliphatic rings. The zero-order valence-corrected chi connectivity index (χ0v) is 9.57. The van der Waals surface area contributed by atoms with Crippen LogP contribution in [0.5, 0.6) is 0 Å². The molecule has 0 unspecified atom stereocenters. The molecule has 0 aromatic heterocycles. The highest BCUT2D eigenvalue weighted by molar-refractivity contribution is 5.74. The van der Waals surface area contributed by atoms with Gasteiger partial charge in [0.1, 0.15) is 6.29 Å². The molecule has 82 valence electrons. The van der Waals surface area contributed by atoms with Gasteiger partial charge in [0.2, 0.25) is 0 Å². The highest BCUT2D eigenvalue weighted by Crippen LogP contribution is 2.06. The number of unbranched alkanes of at least 4 members (excludes halogenated alkanes) is 1. The van der Waals surface area contributed by atoms with Crippen molar-refractivity contribution in [3.63, 3.8) is 0 Å². The van der Waals surface area contributed by atoms with Crippen LogP contribution in [0, 0.1) is 0 Å². The first kappa shape index (κ1) is 11.9. The molecule has 0 saturated heterocycles. The Morgan fingerprint density at radius 2 is 2.20 bits per heavy atom. The second-order valence-corrected chi connectivity index (χ2v) is 3.95. The van der Waals surface area contributed by atoms with E-state index in [9.17, 15) is 4.79 Å². The molecule has 0 saturated carbocycles. The third-order valence-corrected chi connectivity index (χ3v) is 2.43. The first-order valence-electron chi connectivity index (χ1n) is 5.49. The summed E-state index contributed by atoms with van der Waals surface area (Å²) in [6.07, 6.45) is 3.35. The summed E-state index contributed by atoms with van der Waals surface area (Å²) in [6.45, 7) is 4.23. The first-order chi connectivity index (χ1) is 7.26. The Morgan fingerprint density at radius 1 is 1.40 bits per heavy atom. The number of hydrogen-bond acceptors (Lipinski definition) is 2. The second-order valence-electron chi connectivity index (χ2n) is 3.95. The molecule has 0 bridgehead atoms. The zero-order valence-electron chi connectivity index (χ0n) is 9.57. The molecule has 0 N–H and O–H groups in total. The average Bonchev–Trinajstić information content (AvgIpc) is 2.26. The molecular formula is C13H19NO. The minimum atomic E-state index is 0.761. The van der Waals surface area contributed by atoms with E-state index in [0.717, 1.165) is 24.9 Å². The van der Waals surface area contributed by atoms with Gasteiger partial charge in [-0.2, -0.15) is 0 Å². The van der Waals surface area contributed by atoms with Gasteiger partial charge in [0, 0.05) is 12.1 Å². The van der Waals surface area contributed by atoms with Crippen molar-refractivity contribution in [2.45, 2.75) is 26.3 Å². The topological polar surface area (TPSA) is 20.3 Å². The molecular weight excluding hydrogens is 186 g/mol. The predicted molar refractivity (Wildman–Crippen MR) is 63.1 cm³/mol. The van der Waals surface area contributed by atoms with Crippen molar-refractivity contribution < 1.29 is 4.79 Å². The highest BCUT2D eigenvalue weighted by Gasteiger charge is 2.00. The fourth-order valence-electron chi connectivity index (χ4n) is 1.58. The van der Waals surface area contributed by atoms with E-state index in [2.05, 4.69) is 24.9 Å². The molecule has 0 atom stereocenters. The van der Waals surface area contributed by atoms with Crippen LogP contribution in [0.3, 0.4) is 0 Å². The summed E-state index contributed by atoms with van der Waals surface area (Å²) < 4.78 is 0. The van der Waals surface area contributed by atoms with E-state index in [1.807, 2.05) is 18.2 Å². The SMILES string of the molecule is CCCCN(C)Cc1cccc(C=O)c1. The fraction of sp³-hybridized carbons (Fsp3) is 0.462. The van der Waals surface area contributed by atoms with Crippen molar-refractivity contribution >= 4 is 6.29 Å². The molecule has 0 spiro atoms. The van der Waals surface area contributed by atoms with E-state index in [1.165, 1.54) is 18.4 Å². The monoisotopic (exact) mass is 205 g/mol. The summed E-state index contributed by atoms with van der Waals surface area (Å²) in [5.41, 5.74) is 1.97. The molecule has 2 heteroatoms. The normalized spacial score (nSPS) is 10.6. The summed E-state index contributed by atoms with van der Waals surface area (Å²) in [7, 11) is 2.11. The lowest BCUT2D eigenvalue weighted by Gasteiger charge is -2.16. The molecule has 0 aliphatic heterocycles. The Kier molecular flexibility index (Phi) is 5.05. The number of rotatable bonds is 6. The number of carbonyl (C=O) groups excluding carboxylic acids is 1. The van der Waals surface area contributed by atoms with Crippen molar-refractivity contribution in [1.29, 1.82) is 0 Å². The van der Waals surface area contributed by atoms with Gasteiger partial charge in [-0.15, -0.1) is 0 Å². The maximum Gasteiger partial charge on any atom is 0.150 e. The Labute approximate surface area is 91.9 Å². The standard InChI is InChI=1S/C13H19NO/c1-3-4-8-14(2)10-12-6-5-7-13(9-12)11-15/h5-7,9,11H,3-4,8,10H2,1-2H3. The molecule has 0 aliphatic carbocycles. The minimum Gasteiger partial charge on any atom is -0.302 e. The molecule has 1 aromatic rings. The van der Waals surface area contributed by atoms with Gasteiger partial charge in [0.15, 0.2) is 0 Å². The zero-order chi connectivity index (χ0) is 11.1. The lowest BCUT2D eigenvalue weighted by Crippen LogP contribution is -2.18. The highest BCUT2D eigenvalue weighted by atomic mass is 16.1. The average molecular weight is 205 g/mol. The maximum absolute atomic E-state index is 10.6. The number of hydrogen-bond donors (Lipinski definition) is 0. The number of benzene rings is 1. The van der Waals surface area contributed by atoms with E-state index in [1.54, 1.807) is 0 Å². The van der Waals surface area contributed by atoms with Gasteiger partial charge < -0.3 is 4.90 Å². The van der Waals surface area contributed by atoms with Gasteiger partial charge in [-0.1, -0.05) is 31.5 Å². The van der Waals surface area contributed by atoms with Gasteiger partial charge in [-0.05, 0) is 31.6 Å². The summed E-state index contributed by atoms with van der Waals surface area (Å²) in [5.74, 6) is 0. The number of nitrogens with zero attached hydrogens (tertiary/aromatic N) is 1. The lowest BCUT2D eigenvalue weighted by molar-refractivity contribution is 0.112. The van der Waals surface area contributed by atoms with Crippen molar-refractivity contribution in [2.24, 2.45) is 0 Å². The lowest BCUT2D eigenvalue weighted by atomic mass is 10.1. The van der Waals surface area contributed by atoms with Crippen molar-refractivity contribution in [3.8, 4) is 0 Å². The van der Waals surface area contributed by atoms with Crippen LogP contribution in [0.2, 0.25) is 0 Å². The van der Waals surface area contributed by atoms with Crippen LogP contribution in [0.1, 0.15) is 35.7 Å². The van der Waals surface area contributed by atoms with Crippen LogP contribution < -0.4 is 0 Å². The van der Waals surface area contributed by atoms with Gasteiger partial charge in [-0.25, -0.2) is 0 Å². The van der Waals surface area contributed by atoms with Crippen molar-refractivity contribution in [2.75, 3.05) is 13.6 Å². The van der Waals surface area contributed by atoms with Crippen molar-refractivity contribution in [3.05, 3.63) is 35.4 Å². The maximum atomic E-state index is 10.6. The van der Waals surface area contributed by atoms with E-state index in [4.69, 9.17) is 0 Å². The molecule has 0 heterocycles. The Hall–Kier alpha value is -1.15. The predicted octanol–water partition coefficient (Wildman–Crippen LogP) is 2.73. The van der Waals surface area contributed by atoms with Crippen LogP contribution in [-0.4, -0.2) is 24.8 Å². The summed E-state index contributed by atoms with van der Waals surface area (Å²) >= 11 is 0. The summed E-state index contributed by atoms with van der Waals surface area (Å²) in [5, 5.41) is 0. The molecule has 1 rings (SSSR count). The smallest absolute Gasteiger partial charge is 0.150 e. The third kappa shape index (κ3) is 4.26. The van der Waals surface area contributed by atoms with Gasteiger partial charge in [-0.3, -0.25) is 4.79 Å². The van der Waals surface area contributed by atoms with Gasteiger partial charge in [0.05, 0.1) is 0 Å². The second kappa shape index (κ2) is 6.36. The van der Waals surface area contributed by atoms with E-state index in [0.29, 0.717) is 0 Å². The Bertz CT molecular complexity index is 309. The van der Waals surface area contributed by atoms with Crippen LogP contribution in [0.15, 0.2) is 24.3 Å². The van der Waals surface area contributed by atoms with Crippen LogP contribution in [0.4, 0.5) is 0 Å². The van der Waals surface area contributed by atoms with E-state index in [-0.39, 0.29) is 0 Å². The third-order valence-electron chi connectivity index (χ3n) is 2.43. The van der Waals surface area contributed by atoms with Crippen LogP contribution in [-0.2, 0) is 6.54 Å². The molecule has 15 heavy (non-hydrogen) atoms. The molecule has 0 amide bonds. The number of carbonyl (C=O) groups is 1. The van der Waals surface area contributed by atoms with E-state index < -0.39 is 0 Å². The number of aldehydes is 1. The van der Waals surface area contributed by atoms with Crippen LogP contribution >= 0.6 is 0 Å². The Morgan fingerprint density at radius 3 is 2.87 bits per heavy atom. The largest absolute Gasteiger partial charge is 0.302 e. The molecule has 0 fully saturated rings. The van der Waals surface area contributed by atoms with E-state index >= 15 is 0 Å². The van der Waals surface area contributed by atoms with Crippen LogP contribution in [0.25, 0.3) is 0 Å². The van der Waals surface area contributed by atoms with Gasteiger partial charge in [0.25, 0.3) is 0 Å². The van der Waals surface area contributed by atoms with Gasteiger partial charge >= 0.3 is 0 Å². The minimum absolute atomic E-state index is 0.761. The van der Waals surface area contributed by atoms with Crippen molar-refractivity contribution in [1.82, 2.24) is 4.90 Å². The molecule has 1 aromatic carbocycles. The fourth-order valence-corrected chi connectivity index (χ4v) is 1.58. The molecule has 2 nitrogen and oxygen atoms in total. The quantitative estimate of drug-likeness (QED) is 0.665.